The van der Waals surface area contributed by atoms with Gasteiger partial charge in [0.15, 0.2) is 0 Å². The first-order valence-corrected chi connectivity index (χ1v) is 3.04. The molecular formula is C4H7IN2. The van der Waals surface area contributed by atoms with Gasteiger partial charge >= 0.3 is 0 Å². The molecule has 0 unspecified atom stereocenters. The zero-order chi connectivity index (χ0) is 5.86. The summed E-state index contributed by atoms with van der Waals surface area (Å²) in [5.74, 6) is 0.148. The molecule has 0 heterocycles. The van der Waals surface area contributed by atoms with Crippen LogP contribution in [0.3, 0.4) is 0 Å². The van der Waals surface area contributed by atoms with Crippen molar-refractivity contribution in [3.8, 4) is 0 Å². The summed E-state index contributed by atoms with van der Waals surface area (Å²) < 4.78 is 1.78. The van der Waals surface area contributed by atoms with Gasteiger partial charge in [-0.25, -0.2) is 0 Å². The molecule has 0 aromatic carbocycles. The number of nitrogens with two attached hydrogens (primary N) is 1. The highest BCUT2D eigenvalue weighted by Gasteiger charge is 1.85. The van der Waals surface area contributed by atoms with Crippen molar-refractivity contribution in [3.63, 3.8) is 0 Å². The second-order valence-corrected chi connectivity index (χ2v) is 1.83. The highest BCUT2D eigenvalue weighted by atomic mass is 127. The van der Waals surface area contributed by atoms with E-state index in [0.717, 1.165) is 5.57 Å². The molecule has 0 spiro atoms. The van der Waals surface area contributed by atoms with Crippen molar-refractivity contribution in [2.45, 2.75) is 6.92 Å². The van der Waals surface area contributed by atoms with E-state index in [-0.39, 0.29) is 5.84 Å². The van der Waals surface area contributed by atoms with Crippen LogP contribution in [0.25, 0.3) is 0 Å². The van der Waals surface area contributed by atoms with Crippen molar-refractivity contribution in [2.75, 3.05) is 0 Å². The molecule has 2 nitrogen and oxygen atoms in total. The summed E-state index contributed by atoms with van der Waals surface area (Å²) in [6.45, 7) is 1.80. The van der Waals surface area contributed by atoms with E-state index < -0.39 is 0 Å². The Morgan fingerprint density at radius 2 is 2.29 bits per heavy atom. The molecule has 40 valence electrons. The van der Waals surface area contributed by atoms with Crippen LogP contribution in [0.4, 0.5) is 0 Å². The van der Waals surface area contributed by atoms with Crippen LogP contribution in [-0.2, 0) is 0 Å². The number of amidine groups is 1. The van der Waals surface area contributed by atoms with Crippen LogP contribution in [-0.4, -0.2) is 5.84 Å². The van der Waals surface area contributed by atoms with E-state index in [1.54, 1.807) is 11.0 Å². The van der Waals surface area contributed by atoms with E-state index in [9.17, 15) is 0 Å². The average molecular weight is 210 g/mol. The van der Waals surface area contributed by atoms with E-state index in [1.807, 2.05) is 22.6 Å². The lowest BCUT2D eigenvalue weighted by molar-refractivity contribution is 1.40. The standard InChI is InChI=1S/C4H7IN2/c1-3(2-5)4(6)7/h2H,1H3,(H3,6,7)/b3-2+. The fourth-order valence-electron chi connectivity index (χ4n) is 0.0588. The van der Waals surface area contributed by atoms with Gasteiger partial charge in [0.2, 0.25) is 0 Å². The topological polar surface area (TPSA) is 49.9 Å². The first-order chi connectivity index (χ1) is 3.18. The Morgan fingerprint density at radius 3 is 2.29 bits per heavy atom. The van der Waals surface area contributed by atoms with Crippen molar-refractivity contribution in [2.24, 2.45) is 5.73 Å². The second kappa shape index (κ2) is 3.01. The summed E-state index contributed by atoms with van der Waals surface area (Å²) in [6.07, 6.45) is 0. The molecule has 0 aromatic heterocycles. The van der Waals surface area contributed by atoms with Gasteiger partial charge in [-0.3, -0.25) is 5.41 Å². The average Bonchev–Trinajstić information content (AvgIpc) is 1.65. The third kappa shape index (κ3) is 2.61. The van der Waals surface area contributed by atoms with Crippen LogP contribution in [0.1, 0.15) is 6.92 Å². The molecule has 3 N–H and O–H groups in total. The zero-order valence-corrected chi connectivity index (χ0v) is 6.19. The monoisotopic (exact) mass is 210 g/mol. The van der Waals surface area contributed by atoms with Crippen LogP contribution in [0.5, 0.6) is 0 Å². The zero-order valence-electron chi connectivity index (χ0n) is 4.03. The van der Waals surface area contributed by atoms with Gasteiger partial charge in [-0.1, -0.05) is 22.6 Å². The van der Waals surface area contributed by atoms with Crippen LogP contribution >= 0.6 is 22.6 Å². The summed E-state index contributed by atoms with van der Waals surface area (Å²) in [7, 11) is 0. The summed E-state index contributed by atoms with van der Waals surface area (Å²) in [5, 5.41) is 6.81. The van der Waals surface area contributed by atoms with E-state index in [0.29, 0.717) is 0 Å². The Balaban J connectivity index is 3.82. The molecule has 7 heavy (non-hydrogen) atoms. The van der Waals surface area contributed by atoms with Gasteiger partial charge in [-0.05, 0) is 16.6 Å². The first kappa shape index (κ1) is 6.94. The smallest absolute Gasteiger partial charge is 0.118 e. The fraction of sp³-hybridized carbons (Fsp3) is 0.250. The van der Waals surface area contributed by atoms with Gasteiger partial charge in [0.25, 0.3) is 0 Å². The molecule has 0 atom stereocenters. The predicted octanol–water partition coefficient (Wildman–Crippen LogP) is 1.26. The summed E-state index contributed by atoms with van der Waals surface area (Å²) in [6, 6.07) is 0. The van der Waals surface area contributed by atoms with Gasteiger partial charge in [0, 0.05) is 0 Å². The number of nitrogens with one attached hydrogen (secondary N) is 1. The van der Waals surface area contributed by atoms with Crippen molar-refractivity contribution in [1.82, 2.24) is 0 Å². The quantitative estimate of drug-likeness (QED) is 0.382. The third-order valence-electron chi connectivity index (χ3n) is 0.589. The molecule has 0 saturated heterocycles. The Hall–Kier alpha value is -0.0600. The molecule has 0 bridgehead atoms. The second-order valence-electron chi connectivity index (χ2n) is 1.21. The minimum atomic E-state index is 0.148. The number of hydrogen-bond acceptors (Lipinski definition) is 1. The number of halogens is 1. The molecule has 0 rings (SSSR count). The molecule has 0 radical (unpaired) electrons. The van der Waals surface area contributed by atoms with Crippen LogP contribution in [0.2, 0.25) is 0 Å². The van der Waals surface area contributed by atoms with E-state index in [2.05, 4.69) is 0 Å². The van der Waals surface area contributed by atoms with Gasteiger partial charge in [0.05, 0.1) is 0 Å². The minimum absolute atomic E-state index is 0.148. The largest absolute Gasteiger partial charge is 0.384 e. The summed E-state index contributed by atoms with van der Waals surface area (Å²) in [4.78, 5) is 0. The highest BCUT2D eigenvalue weighted by molar-refractivity contribution is 14.1. The van der Waals surface area contributed by atoms with Gasteiger partial charge < -0.3 is 5.73 Å². The number of hydrogen-bond donors (Lipinski definition) is 2. The van der Waals surface area contributed by atoms with Crippen molar-refractivity contribution in [1.29, 1.82) is 5.41 Å². The molecule has 0 fully saturated rings. The molecule has 0 aliphatic carbocycles. The fourth-order valence-corrected chi connectivity index (χ4v) is 0.394. The van der Waals surface area contributed by atoms with E-state index in [4.69, 9.17) is 11.1 Å². The van der Waals surface area contributed by atoms with Gasteiger partial charge in [-0.2, -0.15) is 0 Å². The summed E-state index contributed by atoms with van der Waals surface area (Å²) >= 11 is 2.05. The lowest BCUT2D eigenvalue weighted by Crippen LogP contribution is -2.09. The summed E-state index contributed by atoms with van der Waals surface area (Å²) in [5.41, 5.74) is 5.88. The SMILES string of the molecule is C/C(=C\I)C(=N)N. The Morgan fingerprint density at radius 1 is 1.86 bits per heavy atom. The van der Waals surface area contributed by atoms with Crippen molar-refractivity contribution >= 4 is 28.4 Å². The predicted molar refractivity (Wildman–Crippen MR) is 39.7 cm³/mol. The Bertz CT molecular complexity index is 106. The number of rotatable bonds is 1. The molecule has 3 heteroatoms. The van der Waals surface area contributed by atoms with Gasteiger partial charge in [0.1, 0.15) is 5.84 Å². The normalized spacial score (nSPS) is 11.4. The maximum atomic E-state index is 6.81. The maximum Gasteiger partial charge on any atom is 0.118 e. The van der Waals surface area contributed by atoms with Crippen molar-refractivity contribution < 1.29 is 0 Å². The Labute approximate surface area is 56.4 Å². The van der Waals surface area contributed by atoms with Crippen LogP contribution in [0.15, 0.2) is 9.66 Å². The van der Waals surface area contributed by atoms with Crippen LogP contribution < -0.4 is 5.73 Å². The van der Waals surface area contributed by atoms with Gasteiger partial charge in [-0.15, -0.1) is 0 Å². The molecule has 0 aliphatic heterocycles. The maximum absolute atomic E-state index is 6.81. The highest BCUT2D eigenvalue weighted by Crippen LogP contribution is 1.94. The van der Waals surface area contributed by atoms with Crippen molar-refractivity contribution in [3.05, 3.63) is 9.66 Å². The van der Waals surface area contributed by atoms with Crippen LogP contribution in [0, 0.1) is 5.41 Å². The molecule has 0 aliphatic rings. The third-order valence-corrected chi connectivity index (χ3v) is 1.52. The molecule has 0 saturated carbocycles. The molecule has 0 amide bonds. The molecule has 0 aromatic rings. The van der Waals surface area contributed by atoms with E-state index in [1.165, 1.54) is 0 Å². The Kier molecular flexibility index (Phi) is 2.98. The minimum Gasteiger partial charge on any atom is -0.384 e. The first-order valence-electron chi connectivity index (χ1n) is 1.80. The van der Waals surface area contributed by atoms with E-state index >= 15 is 0 Å². The lowest BCUT2D eigenvalue weighted by atomic mass is 10.3. The molecular weight excluding hydrogens is 203 g/mol. The lowest BCUT2D eigenvalue weighted by Gasteiger charge is -1.89.